The Bertz CT molecular complexity index is 1390. The number of para-hydroxylation sites is 1. The van der Waals surface area contributed by atoms with Crippen LogP contribution in [0.5, 0.6) is 0 Å². The summed E-state index contributed by atoms with van der Waals surface area (Å²) in [5.74, 6) is -0.165. The van der Waals surface area contributed by atoms with E-state index < -0.39 is 0 Å². The van der Waals surface area contributed by atoms with Crippen molar-refractivity contribution in [2.45, 2.75) is 25.0 Å². The van der Waals surface area contributed by atoms with Crippen LogP contribution in [0.1, 0.15) is 27.9 Å². The molecule has 200 valence electrons. The summed E-state index contributed by atoms with van der Waals surface area (Å²) in [5, 5.41) is 13.3. The van der Waals surface area contributed by atoms with Crippen molar-refractivity contribution in [1.82, 2.24) is 15.1 Å². The summed E-state index contributed by atoms with van der Waals surface area (Å²) < 4.78 is 0. The number of rotatable bonds is 6. The number of nitrogens with one attached hydrogen (secondary N) is 1. The third-order valence-electron chi connectivity index (χ3n) is 7.39. The number of benzene rings is 3. The van der Waals surface area contributed by atoms with Gasteiger partial charge >= 0.3 is 0 Å². The summed E-state index contributed by atoms with van der Waals surface area (Å²) in [6.07, 6.45) is 0.524. The van der Waals surface area contributed by atoms with Crippen LogP contribution in [0.15, 0.2) is 72.8 Å². The highest BCUT2D eigenvalue weighted by Crippen LogP contribution is 2.27. The third kappa shape index (κ3) is 6.20. The van der Waals surface area contributed by atoms with Gasteiger partial charge in [0.2, 0.25) is 5.91 Å². The number of hydrogen-bond donors (Lipinski definition) is 1. The first-order valence-electron chi connectivity index (χ1n) is 13.0. The topological polar surface area (TPSA) is 79.7 Å². The maximum Gasteiger partial charge on any atom is 0.251 e. The molecular weight excluding hydrogens is 533 g/mol. The fraction of sp³-hybridized carbons (Fsp3) is 0.300. The van der Waals surface area contributed by atoms with Gasteiger partial charge in [-0.1, -0.05) is 65.7 Å². The summed E-state index contributed by atoms with van der Waals surface area (Å²) in [6, 6.07) is 24.2. The van der Waals surface area contributed by atoms with Gasteiger partial charge in [0.1, 0.15) is 6.07 Å². The van der Waals surface area contributed by atoms with E-state index in [0.717, 1.165) is 11.3 Å². The zero-order chi connectivity index (χ0) is 27.4. The van der Waals surface area contributed by atoms with Crippen LogP contribution in [-0.2, 0) is 11.3 Å². The van der Waals surface area contributed by atoms with E-state index >= 15 is 0 Å². The lowest BCUT2D eigenvalue weighted by Gasteiger charge is -2.38. The zero-order valence-corrected chi connectivity index (χ0v) is 22.9. The lowest BCUT2D eigenvalue weighted by atomic mass is 10.1. The Balaban J connectivity index is 1.28. The Morgan fingerprint density at radius 2 is 1.64 bits per heavy atom. The number of nitrogens with zero attached hydrogens (tertiary/aromatic N) is 4. The van der Waals surface area contributed by atoms with E-state index in [-0.39, 0.29) is 23.9 Å². The molecule has 0 aromatic heterocycles. The summed E-state index contributed by atoms with van der Waals surface area (Å²) in [4.78, 5) is 33.0. The van der Waals surface area contributed by atoms with Crippen molar-refractivity contribution in [2.75, 3.05) is 37.6 Å². The second kappa shape index (κ2) is 12.1. The first kappa shape index (κ1) is 27.0. The minimum atomic E-state index is -0.345. The molecule has 2 atom stereocenters. The molecule has 2 saturated heterocycles. The average Bonchev–Trinajstić information content (AvgIpc) is 3.36. The van der Waals surface area contributed by atoms with Gasteiger partial charge in [0.05, 0.1) is 27.3 Å². The number of carbonyl (C=O) groups excluding carboxylic acids is 2. The van der Waals surface area contributed by atoms with Crippen LogP contribution in [-0.4, -0.2) is 66.4 Å². The SMILES string of the molecule is N#Cc1ccccc1N1CCN(C(=O)[C@@H]2C[C@H](NC(=O)c3ccc(Cl)c(Cl)c3)CN2Cc2ccccc2)CC1. The van der Waals surface area contributed by atoms with Crippen LogP contribution in [0.25, 0.3) is 0 Å². The molecule has 0 bridgehead atoms. The van der Waals surface area contributed by atoms with Gasteiger partial charge in [-0.25, -0.2) is 0 Å². The quantitative estimate of drug-likeness (QED) is 0.476. The molecule has 0 saturated carbocycles. The van der Waals surface area contributed by atoms with Crippen LogP contribution in [0.4, 0.5) is 5.69 Å². The minimum absolute atomic E-state index is 0.0745. The molecular formula is C30H29Cl2N5O2. The van der Waals surface area contributed by atoms with Gasteiger partial charge in [-0.3, -0.25) is 14.5 Å². The molecule has 0 radical (unpaired) electrons. The van der Waals surface area contributed by atoms with Gasteiger partial charge in [-0.2, -0.15) is 5.26 Å². The predicted molar refractivity (Wildman–Crippen MR) is 153 cm³/mol. The Morgan fingerprint density at radius 1 is 0.923 bits per heavy atom. The van der Waals surface area contributed by atoms with Gasteiger partial charge in [-0.05, 0) is 42.3 Å². The van der Waals surface area contributed by atoms with E-state index in [1.165, 1.54) is 0 Å². The first-order chi connectivity index (χ1) is 18.9. The number of halogens is 2. The fourth-order valence-electron chi connectivity index (χ4n) is 5.39. The highest BCUT2D eigenvalue weighted by atomic mass is 35.5. The van der Waals surface area contributed by atoms with E-state index in [1.807, 2.05) is 47.4 Å². The van der Waals surface area contributed by atoms with Gasteiger partial charge in [0.15, 0.2) is 0 Å². The standard InChI is InChI=1S/C30H29Cl2N5O2/c31-25-11-10-22(16-26(25)32)29(38)34-24-17-28(37(20-24)19-21-6-2-1-3-7-21)30(39)36-14-12-35(13-15-36)27-9-5-4-8-23(27)18-33/h1-11,16,24,28H,12-15,17,19-20H2,(H,34,38)/t24-,28-/m0/s1. The zero-order valence-electron chi connectivity index (χ0n) is 21.4. The molecule has 5 rings (SSSR count). The molecule has 9 heteroatoms. The van der Waals surface area contributed by atoms with Gasteiger partial charge in [0.25, 0.3) is 5.91 Å². The molecule has 2 aliphatic heterocycles. The maximum absolute atomic E-state index is 13.8. The number of likely N-dealkylation sites (tertiary alicyclic amines) is 1. The molecule has 2 amide bonds. The van der Waals surface area contributed by atoms with Crippen LogP contribution in [0.3, 0.4) is 0 Å². The first-order valence-corrected chi connectivity index (χ1v) is 13.8. The monoisotopic (exact) mass is 561 g/mol. The van der Waals surface area contributed by atoms with E-state index in [0.29, 0.717) is 66.9 Å². The van der Waals surface area contributed by atoms with E-state index in [9.17, 15) is 14.9 Å². The Labute approximate surface area is 238 Å². The third-order valence-corrected chi connectivity index (χ3v) is 8.13. The number of nitriles is 1. The average molecular weight is 563 g/mol. The molecule has 0 aliphatic carbocycles. The highest BCUT2D eigenvalue weighted by molar-refractivity contribution is 6.42. The van der Waals surface area contributed by atoms with E-state index in [1.54, 1.807) is 18.2 Å². The molecule has 2 aliphatic rings. The highest BCUT2D eigenvalue weighted by Gasteiger charge is 2.40. The number of hydrogen-bond acceptors (Lipinski definition) is 5. The lowest BCUT2D eigenvalue weighted by molar-refractivity contribution is -0.136. The molecule has 3 aromatic rings. The van der Waals surface area contributed by atoms with Crippen molar-refractivity contribution < 1.29 is 9.59 Å². The van der Waals surface area contributed by atoms with Crippen LogP contribution >= 0.6 is 23.2 Å². The van der Waals surface area contributed by atoms with E-state index in [2.05, 4.69) is 33.3 Å². The van der Waals surface area contributed by atoms with E-state index in [4.69, 9.17) is 23.2 Å². The van der Waals surface area contributed by atoms with Crippen molar-refractivity contribution in [3.63, 3.8) is 0 Å². The van der Waals surface area contributed by atoms with Crippen LogP contribution in [0.2, 0.25) is 10.0 Å². The van der Waals surface area contributed by atoms with Gasteiger partial charge < -0.3 is 15.1 Å². The molecule has 3 aromatic carbocycles. The Morgan fingerprint density at radius 3 is 2.36 bits per heavy atom. The minimum Gasteiger partial charge on any atom is -0.367 e. The Kier molecular flexibility index (Phi) is 8.37. The molecule has 0 unspecified atom stereocenters. The largest absolute Gasteiger partial charge is 0.367 e. The number of piperazine rings is 1. The number of amides is 2. The normalized spacial score (nSPS) is 19.5. The summed E-state index contributed by atoms with van der Waals surface area (Å²) in [7, 11) is 0. The lowest BCUT2D eigenvalue weighted by Crippen LogP contribution is -2.53. The van der Waals surface area contributed by atoms with Crippen LogP contribution < -0.4 is 10.2 Å². The fourth-order valence-corrected chi connectivity index (χ4v) is 5.68. The van der Waals surface area contributed by atoms with Crippen LogP contribution in [0, 0.1) is 11.3 Å². The molecule has 2 fully saturated rings. The molecule has 7 nitrogen and oxygen atoms in total. The van der Waals surface area contributed by atoms with Crippen molar-refractivity contribution >= 4 is 40.7 Å². The molecule has 1 N–H and O–H groups in total. The molecule has 2 heterocycles. The maximum atomic E-state index is 13.8. The second-order valence-corrected chi connectivity index (χ2v) is 10.7. The molecule has 39 heavy (non-hydrogen) atoms. The summed E-state index contributed by atoms with van der Waals surface area (Å²) >= 11 is 12.1. The van der Waals surface area contributed by atoms with Crippen molar-refractivity contribution in [3.8, 4) is 6.07 Å². The Hall–Kier alpha value is -3.57. The number of carbonyl (C=O) groups is 2. The van der Waals surface area contributed by atoms with Crippen molar-refractivity contribution in [1.29, 1.82) is 5.26 Å². The number of anilines is 1. The second-order valence-electron chi connectivity index (χ2n) is 9.91. The summed E-state index contributed by atoms with van der Waals surface area (Å²) in [5.41, 5.74) is 3.10. The van der Waals surface area contributed by atoms with Crippen molar-refractivity contribution in [2.24, 2.45) is 0 Å². The predicted octanol–water partition coefficient (Wildman–Crippen LogP) is 4.59. The smallest absolute Gasteiger partial charge is 0.251 e. The molecule has 0 spiro atoms. The van der Waals surface area contributed by atoms with Gasteiger partial charge in [0, 0.05) is 50.9 Å². The van der Waals surface area contributed by atoms with Crippen molar-refractivity contribution in [3.05, 3.63) is 99.5 Å². The summed E-state index contributed by atoms with van der Waals surface area (Å²) in [6.45, 7) is 3.66. The van der Waals surface area contributed by atoms with Gasteiger partial charge in [-0.15, -0.1) is 0 Å².